The molecule has 2 saturated heterocycles. The topological polar surface area (TPSA) is 24.5 Å². The Kier molecular flexibility index (Phi) is 2.81. The fourth-order valence-corrected chi connectivity index (χ4v) is 3.24. The summed E-state index contributed by atoms with van der Waals surface area (Å²) >= 11 is 0. The molecule has 1 aromatic rings. The van der Waals surface area contributed by atoms with E-state index in [1.165, 1.54) is 37.9 Å². The summed E-state index contributed by atoms with van der Waals surface area (Å²) in [5.74, 6) is 0.936. The Bertz CT molecular complexity index is 390. The number of hydrogen-bond acceptors (Lipinski definition) is 3. The smallest absolute Gasteiger partial charge is 0.118 e. The van der Waals surface area contributed by atoms with Gasteiger partial charge in [-0.2, -0.15) is 0 Å². The molecule has 0 bridgehead atoms. The van der Waals surface area contributed by atoms with Crippen molar-refractivity contribution >= 4 is 0 Å². The van der Waals surface area contributed by atoms with E-state index in [2.05, 4.69) is 34.5 Å². The molecule has 2 fully saturated rings. The fraction of sp³-hybridized carbons (Fsp3) is 0.571. The molecule has 0 amide bonds. The largest absolute Gasteiger partial charge is 0.497 e. The Balaban J connectivity index is 1.94. The maximum absolute atomic E-state index is 5.23. The fourth-order valence-electron chi connectivity index (χ4n) is 3.24. The van der Waals surface area contributed by atoms with Crippen LogP contribution >= 0.6 is 0 Å². The number of ether oxygens (including phenoxy) is 1. The minimum Gasteiger partial charge on any atom is -0.497 e. The number of hydrogen-bond donors (Lipinski definition) is 1. The minimum absolute atomic E-state index is 0.102. The lowest BCUT2D eigenvalue weighted by Crippen LogP contribution is -2.56. The second-order valence-corrected chi connectivity index (χ2v) is 4.96. The number of methoxy groups -OCH3 is 1. The molecule has 0 aliphatic carbocycles. The van der Waals surface area contributed by atoms with Crippen molar-refractivity contribution in [2.45, 2.75) is 24.9 Å². The lowest BCUT2D eigenvalue weighted by Gasteiger charge is -2.43. The van der Waals surface area contributed by atoms with Gasteiger partial charge in [0.2, 0.25) is 0 Å². The molecule has 3 heteroatoms. The van der Waals surface area contributed by atoms with Gasteiger partial charge in [0.1, 0.15) is 5.75 Å². The van der Waals surface area contributed by atoms with Gasteiger partial charge in [-0.3, -0.25) is 10.2 Å². The van der Waals surface area contributed by atoms with E-state index >= 15 is 0 Å². The number of fused-ring (bicyclic) bond motifs is 1. The van der Waals surface area contributed by atoms with Crippen molar-refractivity contribution in [3.63, 3.8) is 0 Å². The van der Waals surface area contributed by atoms with Gasteiger partial charge >= 0.3 is 0 Å². The van der Waals surface area contributed by atoms with Crippen LogP contribution in [0.25, 0.3) is 0 Å². The zero-order valence-electron chi connectivity index (χ0n) is 10.4. The lowest BCUT2D eigenvalue weighted by atomic mass is 9.94. The van der Waals surface area contributed by atoms with Crippen LogP contribution in [0.2, 0.25) is 0 Å². The number of nitrogens with one attached hydrogen (secondary N) is 1. The first-order valence-electron chi connectivity index (χ1n) is 6.50. The van der Waals surface area contributed by atoms with Crippen LogP contribution in [-0.4, -0.2) is 31.6 Å². The molecule has 2 aliphatic heterocycles. The monoisotopic (exact) mass is 232 g/mol. The van der Waals surface area contributed by atoms with Crippen LogP contribution in [-0.2, 0) is 5.66 Å². The highest BCUT2D eigenvalue weighted by Gasteiger charge is 2.43. The third kappa shape index (κ3) is 1.74. The summed E-state index contributed by atoms with van der Waals surface area (Å²) in [6.45, 7) is 3.57. The maximum atomic E-state index is 5.23. The van der Waals surface area contributed by atoms with Gasteiger partial charge in [0.15, 0.2) is 0 Å². The zero-order chi connectivity index (χ0) is 11.7. The summed E-state index contributed by atoms with van der Waals surface area (Å²) in [7, 11) is 1.72. The lowest BCUT2D eigenvalue weighted by molar-refractivity contribution is 0.0656. The first kappa shape index (κ1) is 11.1. The maximum Gasteiger partial charge on any atom is 0.118 e. The summed E-state index contributed by atoms with van der Waals surface area (Å²) < 4.78 is 5.23. The molecule has 1 atom stereocenters. The highest BCUT2D eigenvalue weighted by atomic mass is 16.5. The van der Waals surface area contributed by atoms with Crippen LogP contribution in [0, 0.1) is 0 Å². The SMILES string of the molecule is COc1ccc([C@@]23CCCN2CCCN3)cc1. The van der Waals surface area contributed by atoms with Gasteiger partial charge in [0.25, 0.3) is 0 Å². The summed E-state index contributed by atoms with van der Waals surface area (Å²) in [5.41, 5.74) is 1.49. The average molecular weight is 232 g/mol. The molecule has 3 nitrogen and oxygen atoms in total. The van der Waals surface area contributed by atoms with Crippen molar-refractivity contribution in [3.05, 3.63) is 29.8 Å². The Morgan fingerprint density at radius 3 is 2.71 bits per heavy atom. The van der Waals surface area contributed by atoms with Crippen LogP contribution in [0.3, 0.4) is 0 Å². The molecule has 92 valence electrons. The molecule has 2 heterocycles. The van der Waals surface area contributed by atoms with E-state index in [0.717, 1.165) is 12.3 Å². The Morgan fingerprint density at radius 2 is 1.94 bits per heavy atom. The standard InChI is InChI=1S/C14H20N2O/c1-17-13-6-4-12(5-7-13)14-8-2-10-16(14)11-3-9-15-14/h4-7,15H,2-3,8-11H2,1H3/t14-/m1/s1. The first-order valence-corrected chi connectivity index (χ1v) is 6.50. The third-order valence-electron chi connectivity index (χ3n) is 4.10. The van der Waals surface area contributed by atoms with Gasteiger partial charge in [-0.05, 0) is 43.5 Å². The van der Waals surface area contributed by atoms with Crippen molar-refractivity contribution in [2.75, 3.05) is 26.7 Å². The predicted molar refractivity (Wildman–Crippen MR) is 68.1 cm³/mol. The van der Waals surface area contributed by atoms with Crippen LogP contribution in [0.15, 0.2) is 24.3 Å². The van der Waals surface area contributed by atoms with Crippen molar-refractivity contribution in [2.24, 2.45) is 0 Å². The molecular formula is C14H20N2O. The van der Waals surface area contributed by atoms with Gasteiger partial charge in [0, 0.05) is 13.1 Å². The molecular weight excluding hydrogens is 212 g/mol. The van der Waals surface area contributed by atoms with Crippen molar-refractivity contribution in [3.8, 4) is 5.75 Å². The molecule has 0 aromatic heterocycles. The Hall–Kier alpha value is -1.06. The molecule has 0 spiro atoms. The summed E-state index contributed by atoms with van der Waals surface area (Å²) in [4.78, 5) is 2.60. The second kappa shape index (κ2) is 4.31. The minimum atomic E-state index is 0.102. The van der Waals surface area contributed by atoms with E-state index in [1.807, 2.05) is 0 Å². The highest BCUT2D eigenvalue weighted by Crippen LogP contribution is 2.38. The van der Waals surface area contributed by atoms with Crippen LogP contribution in [0.1, 0.15) is 24.8 Å². The van der Waals surface area contributed by atoms with Gasteiger partial charge in [0.05, 0.1) is 12.8 Å². The molecule has 17 heavy (non-hydrogen) atoms. The average Bonchev–Trinajstić information content (AvgIpc) is 2.84. The van der Waals surface area contributed by atoms with E-state index in [-0.39, 0.29) is 5.66 Å². The molecule has 1 aromatic carbocycles. The molecule has 2 aliphatic rings. The summed E-state index contributed by atoms with van der Waals surface area (Å²) in [6.07, 6.45) is 3.77. The second-order valence-electron chi connectivity index (χ2n) is 4.96. The van der Waals surface area contributed by atoms with Gasteiger partial charge in [-0.15, -0.1) is 0 Å². The van der Waals surface area contributed by atoms with Gasteiger partial charge < -0.3 is 4.74 Å². The predicted octanol–water partition coefficient (Wildman–Crippen LogP) is 1.94. The molecule has 0 saturated carbocycles. The molecule has 0 unspecified atom stereocenters. The normalized spacial score (nSPS) is 29.0. The van der Waals surface area contributed by atoms with Crippen LogP contribution in [0.4, 0.5) is 0 Å². The van der Waals surface area contributed by atoms with E-state index in [9.17, 15) is 0 Å². The molecule has 1 N–H and O–H groups in total. The first-order chi connectivity index (χ1) is 8.35. The highest BCUT2D eigenvalue weighted by molar-refractivity contribution is 5.32. The van der Waals surface area contributed by atoms with E-state index in [0.29, 0.717) is 0 Å². The molecule has 3 rings (SSSR count). The summed E-state index contributed by atoms with van der Waals surface area (Å²) in [6, 6.07) is 8.54. The van der Waals surface area contributed by atoms with Crippen molar-refractivity contribution in [1.82, 2.24) is 10.2 Å². The van der Waals surface area contributed by atoms with E-state index < -0.39 is 0 Å². The number of nitrogens with zero attached hydrogens (tertiary/aromatic N) is 1. The van der Waals surface area contributed by atoms with E-state index in [1.54, 1.807) is 7.11 Å². The Labute approximate surface area is 103 Å². The molecule has 0 radical (unpaired) electrons. The van der Waals surface area contributed by atoms with E-state index in [4.69, 9.17) is 4.74 Å². The van der Waals surface area contributed by atoms with Crippen LogP contribution in [0.5, 0.6) is 5.75 Å². The number of rotatable bonds is 2. The van der Waals surface area contributed by atoms with Gasteiger partial charge in [-0.25, -0.2) is 0 Å². The third-order valence-corrected chi connectivity index (χ3v) is 4.10. The van der Waals surface area contributed by atoms with Crippen LogP contribution < -0.4 is 10.1 Å². The Morgan fingerprint density at radius 1 is 1.18 bits per heavy atom. The number of benzene rings is 1. The zero-order valence-corrected chi connectivity index (χ0v) is 10.4. The van der Waals surface area contributed by atoms with Crippen molar-refractivity contribution < 1.29 is 4.74 Å². The summed E-state index contributed by atoms with van der Waals surface area (Å²) in [5, 5.41) is 3.73. The van der Waals surface area contributed by atoms with Gasteiger partial charge in [-0.1, -0.05) is 12.1 Å². The quantitative estimate of drug-likeness (QED) is 0.843. The van der Waals surface area contributed by atoms with Crippen molar-refractivity contribution in [1.29, 1.82) is 0 Å².